The van der Waals surface area contributed by atoms with E-state index in [1.54, 1.807) is 18.2 Å². The molecule has 1 fully saturated rings. The lowest BCUT2D eigenvalue weighted by Gasteiger charge is -2.19. The second-order valence-electron chi connectivity index (χ2n) is 5.45. The Labute approximate surface area is 146 Å². The van der Waals surface area contributed by atoms with E-state index >= 15 is 0 Å². The molecule has 2 aromatic carbocycles. The zero-order chi connectivity index (χ0) is 16.1. The molecule has 1 heterocycles. The number of halogens is 2. The third-order valence-electron chi connectivity index (χ3n) is 3.77. The fourth-order valence-corrected chi connectivity index (χ4v) is 2.89. The van der Waals surface area contributed by atoms with Gasteiger partial charge in [-0.1, -0.05) is 53.5 Å². The number of azo groups is 1. The van der Waals surface area contributed by atoms with Crippen molar-refractivity contribution in [3.8, 4) is 0 Å². The van der Waals surface area contributed by atoms with Gasteiger partial charge in [0.2, 0.25) is 0 Å². The van der Waals surface area contributed by atoms with Crippen molar-refractivity contribution in [1.29, 1.82) is 0 Å². The average molecular weight is 346 g/mol. The smallest absolute Gasteiger partial charge is 0.0872 e. The van der Waals surface area contributed by atoms with Crippen LogP contribution in [0.2, 0.25) is 10.0 Å². The molecule has 0 atom stereocenters. The molecule has 0 N–H and O–H groups in total. The van der Waals surface area contributed by atoms with Crippen LogP contribution in [0.4, 0.5) is 5.69 Å². The van der Waals surface area contributed by atoms with Gasteiger partial charge >= 0.3 is 0 Å². The molecule has 0 aliphatic carbocycles. The molecule has 3 rings (SSSR count). The predicted octanol–water partition coefficient (Wildman–Crippen LogP) is 6.21. The van der Waals surface area contributed by atoms with Crippen LogP contribution in [-0.2, 0) is 6.54 Å². The fraction of sp³-hybridized carbons (Fsp3) is 0.222. The van der Waals surface area contributed by atoms with Gasteiger partial charge in [0.05, 0.1) is 21.9 Å². The van der Waals surface area contributed by atoms with Crippen molar-refractivity contribution in [3.05, 3.63) is 76.0 Å². The van der Waals surface area contributed by atoms with E-state index in [4.69, 9.17) is 23.2 Å². The normalized spacial score (nSPS) is 16.6. The van der Waals surface area contributed by atoms with Crippen molar-refractivity contribution in [2.45, 2.75) is 19.4 Å². The standard InChI is InChI=1S/C18H17Cl2N3/c19-17-9-8-15(11-18(17)20)22-21-12-16-7-4-10-23(16)13-14-5-2-1-3-6-14/h1-3,5-6,8-9,11-12H,4,7,10,13H2/b16-12+,22-21?. The molecular formula is C18H17Cl2N3. The first-order valence-electron chi connectivity index (χ1n) is 7.56. The SMILES string of the molecule is Clc1ccc(N=N/C=C2\CCCN2Cc2ccccc2)cc1Cl. The van der Waals surface area contributed by atoms with Gasteiger partial charge < -0.3 is 4.90 Å². The lowest BCUT2D eigenvalue weighted by molar-refractivity contribution is 0.385. The Morgan fingerprint density at radius 2 is 1.87 bits per heavy atom. The van der Waals surface area contributed by atoms with Crippen LogP contribution in [0.25, 0.3) is 0 Å². The second-order valence-corrected chi connectivity index (χ2v) is 6.26. The summed E-state index contributed by atoms with van der Waals surface area (Å²) < 4.78 is 0. The first-order valence-corrected chi connectivity index (χ1v) is 8.32. The predicted molar refractivity (Wildman–Crippen MR) is 95.1 cm³/mol. The molecule has 3 nitrogen and oxygen atoms in total. The van der Waals surface area contributed by atoms with Crippen molar-refractivity contribution in [1.82, 2.24) is 4.90 Å². The minimum Gasteiger partial charge on any atom is -0.369 e. The van der Waals surface area contributed by atoms with Gasteiger partial charge in [-0.25, -0.2) is 0 Å². The molecule has 0 spiro atoms. The van der Waals surface area contributed by atoms with E-state index in [0.717, 1.165) is 25.9 Å². The highest BCUT2D eigenvalue weighted by Gasteiger charge is 2.16. The molecule has 5 heteroatoms. The Morgan fingerprint density at radius 3 is 2.65 bits per heavy atom. The van der Waals surface area contributed by atoms with Gasteiger partial charge in [-0.15, -0.1) is 0 Å². The molecule has 0 amide bonds. The summed E-state index contributed by atoms with van der Waals surface area (Å²) in [5, 5.41) is 9.41. The van der Waals surface area contributed by atoms with Crippen molar-refractivity contribution < 1.29 is 0 Å². The minimum atomic E-state index is 0.488. The second kappa shape index (κ2) is 7.62. The van der Waals surface area contributed by atoms with E-state index in [1.165, 1.54) is 11.3 Å². The maximum Gasteiger partial charge on any atom is 0.0872 e. The first-order chi connectivity index (χ1) is 11.2. The van der Waals surface area contributed by atoms with E-state index in [0.29, 0.717) is 15.7 Å². The largest absolute Gasteiger partial charge is 0.369 e. The highest BCUT2D eigenvalue weighted by molar-refractivity contribution is 6.42. The molecule has 23 heavy (non-hydrogen) atoms. The molecule has 1 saturated heterocycles. The summed E-state index contributed by atoms with van der Waals surface area (Å²) in [6, 6.07) is 15.7. The Balaban J connectivity index is 1.68. The van der Waals surface area contributed by atoms with Gasteiger partial charge in [-0.3, -0.25) is 0 Å². The van der Waals surface area contributed by atoms with Crippen molar-refractivity contribution in [2.75, 3.05) is 6.54 Å². The molecule has 118 valence electrons. The Bertz CT molecular complexity index is 726. The zero-order valence-corrected chi connectivity index (χ0v) is 14.1. The molecule has 2 aromatic rings. The summed E-state index contributed by atoms with van der Waals surface area (Å²) in [5.41, 5.74) is 3.23. The van der Waals surface area contributed by atoms with Crippen molar-refractivity contribution in [2.24, 2.45) is 10.2 Å². The van der Waals surface area contributed by atoms with Gasteiger partial charge in [-0.2, -0.15) is 10.2 Å². The third-order valence-corrected chi connectivity index (χ3v) is 4.51. The lowest BCUT2D eigenvalue weighted by atomic mass is 10.2. The van der Waals surface area contributed by atoms with E-state index in [9.17, 15) is 0 Å². The number of benzene rings is 2. The number of hydrogen-bond donors (Lipinski definition) is 0. The summed E-state index contributed by atoms with van der Waals surface area (Å²) >= 11 is 11.9. The fourth-order valence-electron chi connectivity index (χ4n) is 2.59. The Morgan fingerprint density at radius 1 is 1.04 bits per heavy atom. The number of hydrogen-bond acceptors (Lipinski definition) is 3. The van der Waals surface area contributed by atoms with E-state index < -0.39 is 0 Å². The van der Waals surface area contributed by atoms with E-state index in [-0.39, 0.29) is 0 Å². The van der Waals surface area contributed by atoms with Crippen LogP contribution < -0.4 is 0 Å². The zero-order valence-electron chi connectivity index (χ0n) is 12.6. The van der Waals surface area contributed by atoms with Crippen LogP contribution in [0.15, 0.2) is 70.7 Å². The van der Waals surface area contributed by atoms with Crippen LogP contribution >= 0.6 is 23.2 Å². The van der Waals surface area contributed by atoms with Crippen LogP contribution in [0, 0.1) is 0 Å². The maximum atomic E-state index is 5.98. The van der Waals surface area contributed by atoms with Gasteiger partial charge in [0.25, 0.3) is 0 Å². The van der Waals surface area contributed by atoms with E-state index in [1.807, 2.05) is 12.3 Å². The molecule has 0 aromatic heterocycles. The van der Waals surface area contributed by atoms with Crippen molar-refractivity contribution >= 4 is 28.9 Å². The van der Waals surface area contributed by atoms with Crippen molar-refractivity contribution in [3.63, 3.8) is 0 Å². The molecule has 0 unspecified atom stereocenters. The molecular weight excluding hydrogens is 329 g/mol. The third kappa shape index (κ3) is 4.34. The van der Waals surface area contributed by atoms with Crippen LogP contribution in [0.3, 0.4) is 0 Å². The highest BCUT2D eigenvalue weighted by Crippen LogP contribution is 2.27. The number of rotatable bonds is 4. The Hall–Kier alpha value is -1.84. The molecule has 1 aliphatic rings. The molecule has 1 aliphatic heterocycles. The van der Waals surface area contributed by atoms with Gasteiger partial charge in [0.15, 0.2) is 0 Å². The summed E-state index contributed by atoms with van der Waals surface area (Å²) in [7, 11) is 0. The Kier molecular flexibility index (Phi) is 5.31. The summed E-state index contributed by atoms with van der Waals surface area (Å²) in [4.78, 5) is 2.35. The summed E-state index contributed by atoms with van der Waals surface area (Å²) in [5.74, 6) is 0. The topological polar surface area (TPSA) is 28.0 Å². The van der Waals surface area contributed by atoms with E-state index in [2.05, 4.69) is 39.4 Å². The number of likely N-dealkylation sites (tertiary alicyclic amines) is 1. The average Bonchev–Trinajstić information content (AvgIpc) is 2.99. The lowest BCUT2D eigenvalue weighted by Crippen LogP contribution is -2.16. The molecule has 0 radical (unpaired) electrons. The maximum absolute atomic E-state index is 5.98. The highest BCUT2D eigenvalue weighted by atomic mass is 35.5. The monoisotopic (exact) mass is 345 g/mol. The van der Waals surface area contributed by atoms with Gasteiger partial charge in [0, 0.05) is 18.8 Å². The number of nitrogens with zero attached hydrogens (tertiary/aromatic N) is 3. The van der Waals surface area contributed by atoms with Crippen LogP contribution in [-0.4, -0.2) is 11.4 Å². The summed E-state index contributed by atoms with van der Waals surface area (Å²) in [6.45, 7) is 1.97. The minimum absolute atomic E-state index is 0.488. The van der Waals surface area contributed by atoms with Crippen LogP contribution in [0.5, 0.6) is 0 Å². The van der Waals surface area contributed by atoms with Gasteiger partial charge in [-0.05, 0) is 36.6 Å². The summed E-state index contributed by atoms with van der Waals surface area (Å²) in [6.07, 6.45) is 4.03. The first kappa shape index (κ1) is 16.0. The van der Waals surface area contributed by atoms with Crippen LogP contribution in [0.1, 0.15) is 18.4 Å². The number of allylic oxidation sites excluding steroid dienone is 1. The molecule has 0 saturated carbocycles. The molecule has 0 bridgehead atoms. The quantitative estimate of drug-likeness (QED) is 0.605. The van der Waals surface area contributed by atoms with Gasteiger partial charge in [0.1, 0.15) is 0 Å².